The summed E-state index contributed by atoms with van der Waals surface area (Å²) in [4.78, 5) is 23.1. The predicted octanol–water partition coefficient (Wildman–Crippen LogP) is 1.88. The normalized spacial score (nSPS) is 17.1. The number of benzene rings is 1. The molecule has 6 heteroatoms. The number of hydrogen-bond acceptors (Lipinski definition) is 3. The Kier molecular flexibility index (Phi) is 3.65. The van der Waals surface area contributed by atoms with E-state index in [1.54, 1.807) is 13.0 Å². The highest BCUT2D eigenvalue weighted by Crippen LogP contribution is 2.46. The summed E-state index contributed by atoms with van der Waals surface area (Å²) in [6, 6.07) is 3.69. The molecule has 2 rings (SSSR count). The first-order valence-corrected chi connectivity index (χ1v) is 6.29. The van der Waals surface area contributed by atoms with Crippen molar-refractivity contribution in [3.05, 3.63) is 29.6 Å². The van der Waals surface area contributed by atoms with Gasteiger partial charge in [0.05, 0.1) is 18.7 Å². The summed E-state index contributed by atoms with van der Waals surface area (Å²) in [5.41, 5.74) is -1.13. The third-order valence-electron chi connectivity index (χ3n) is 3.61. The first-order chi connectivity index (χ1) is 9.42. The van der Waals surface area contributed by atoms with Gasteiger partial charge in [-0.05, 0) is 31.9 Å². The fraction of sp³-hybridized carbons (Fsp3) is 0.429. The Morgan fingerprint density at radius 1 is 1.45 bits per heavy atom. The maximum atomic E-state index is 13.9. The zero-order chi connectivity index (χ0) is 14.9. The van der Waals surface area contributed by atoms with Crippen LogP contribution in [-0.2, 0) is 9.59 Å². The number of hydrogen-bond donors (Lipinski definition) is 2. The van der Waals surface area contributed by atoms with Gasteiger partial charge in [0, 0.05) is 0 Å². The molecule has 1 aliphatic carbocycles. The molecule has 1 atom stereocenters. The Hall–Kier alpha value is -2.11. The molecule has 0 aromatic heterocycles. The van der Waals surface area contributed by atoms with E-state index in [0.717, 1.165) is 0 Å². The molecule has 0 heterocycles. The zero-order valence-corrected chi connectivity index (χ0v) is 11.3. The molecule has 0 aliphatic heterocycles. The van der Waals surface area contributed by atoms with E-state index in [1.807, 2.05) is 0 Å². The Morgan fingerprint density at radius 2 is 2.10 bits per heavy atom. The van der Waals surface area contributed by atoms with Gasteiger partial charge in [0.2, 0.25) is 5.91 Å². The van der Waals surface area contributed by atoms with Gasteiger partial charge in [-0.15, -0.1) is 0 Å². The van der Waals surface area contributed by atoms with Gasteiger partial charge in [-0.1, -0.05) is 6.07 Å². The molecule has 1 aliphatic rings. The van der Waals surface area contributed by atoms with Gasteiger partial charge < -0.3 is 15.2 Å². The standard InChI is InChI=1S/C14H16FNO4/c1-8(11-9(15)4-3-5-10(11)20-2)16-12(17)14(6-7-14)13(18)19/h3-5,8H,6-7H2,1-2H3,(H,16,17)(H,18,19). The lowest BCUT2D eigenvalue weighted by molar-refractivity contribution is -0.149. The highest BCUT2D eigenvalue weighted by atomic mass is 19.1. The van der Waals surface area contributed by atoms with Crippen molar-refractivity contribution < 1.29 is 23.8 Å². The second-order valence-corrected chi connectivity index (χ2v) is 4.94. The molecule has 108 valence electrons. The summed E-state index contributed by atoms with van der Waals surface area (Å²) < 4.78 is 18.9. The molecule has 0 radical (unpaired) electrons. The van der Waals surface area contributed by atoms with Gasteiger partial charge in [-0.2, -0.15) is 0 Å². The second kappa shape index (κ2) is 5.11. The fourth-order valence-electron chi connectivity index (χ4n) is 2.19. The molecule has 20 heavy (non-hydrogen) atoms. The van der Waals surface area contributed by atoms with E-state index in [0.29, 0.717) is 18.6 Å². The number of nitrogens with one attached hydrogen (secondary N) is 1. The number of carbonyl (C=O) groups is 2. The lowest BCUT2D eigenvalue weighted by Crippen LogP contribution is -2.38. The molecular formula is C14H16FNO4. The van der Waals surface area contributed by atoms with Crippen LogP contribution in [-0.4, -0.2) is 24.1 Å². The van der Waals surface area contributed by atoms with E-state index in [4.69, 9.17) is 9.84 Å². The number of methoxy groups -OCH3 is 1. The summed E-state index contributed by atoms with van der Waals surface area (Å²) in [5, 5.41) is 11.6. The highest BCUT2D eigenvalue weighted by molar-refractivity contribution is 6.04. The van der Waals surface area contributed by atoms with Crippen LogP contribution in [0.1, 0.15) is 31.4 Å². The van der Waals surface area contributed by atoms with E-state index < -0.39 is 29.2 Å². The zero-order valence-electron chi connectivity index (χ0n) is 11.3. The average molecular weight is 281 g/mol. The third kappa shape index (κ3) is 2.33. The van der Waals surface area contributed by atoms with Crippen molar-refractivity contribution in [3.8, 4) is 5.75 Å². The molecule has 1 amide bonds. The minimum absolute atomic E-state index is 0.213. The van der Waals surface area contributed by atoms with Crippen molar-refractivity contribution >= 4 is 11.9 Å². The number of amides is 1. The Bertz CT molecular complexity index is 554. The molecule has 5 nitrogen and oxygen atoms in total. The molecule has 1 fully saturated rings. The minimum Gasteiger partial charge on any atom is -0.496 e. The first kappa shape index (κ1) is 14.3. The van der Waals surface area contributed by atoms with Crippen molar-refractivity contribution in [2.45, 2.75) is 25.8 Å². The number of aliphatic carboxylic acids is 1. The van der Waals surface area contributed by atoms with Crippen LogP contribution in [0.2, 0.25) is 0 Å². The van der Waals surface area contributed by atoms with Gasteiger partial charge in [0.1, 0.15) is 17.0 Å². The Balaban J connectivity index is 2.19. The monoisotopic (exact) mass is 281 g/mol. The number of rotatable bonds is 5. The van der Waals surface area contributed by atoms with Crippen molar-refractivity contribution in [1.82, 2.24) is 5.32 Å². The summed E-state index contributed by atoms with van der Waals surface area (Å²) >= 11 is 0. The molecule has 0 bridgehead atoms. The quantitative estimate of drug-likeness (QED) is 0.808. The summed E-state index contributed by atoms with van der Waals surface area (Å²) in [6.45, 7) is 1.59. The molecule has 0 saturated heterocycles. The predicted molar refractivity (Wildman–Crippen MR) is 68.8 cm³/mol. The maximum Gasteiger partial charge on any atom is 0.319 e. The number of ether oxygens (including phenoxy) is 1. The number of carboxylic acids is 1. The van der Waals surface area contributed by atoms with Crippen LogP contribution in [0.5, 0.6) is 5.75 Å². The lowest BCUT2D eigenvalue weighted by Gasteiger charge is -2.20. The van der Waals surface area contributed by atoms with Crippen molar-refractivity contribution in [3.63, 3.8) is 0 Å². The molecule has 1 saturated carbocycles. The lowest BCUT2D eigenvalue weighted by atomic mass is 10.0. The summed E-state index contributed by atoms with van der Waals surface area (Å²) in [7, 11) is 1.41. The van der Waals surface area contributed by atoms with E-state index in [2.05, 4.69) is 5.32 Å². The first-order valence-electron chi connectivity index (χ1n) is 6.29. The van der Waals surface area contributed by atoms with Crippen LogP contribution in [0.3, 0.4) is 0 Å². The average Bonchev–Trinajstić information content (AvgIpc) is 3.19. The maximum absolute atomic E-state index is 13.9. The van der Waals surface area contributed by atoms with Gasteiger partial charge in [0.15, 0.2) is 0 Å². The van der Waals surface area contributed by atoms with Crippen LogP contribution in [0, 0.1) is 11.2 Å². The molecule has 1 aromatic carbocycles. The van der Waals surface area contributed by atoms with Crippen molar-refractivity contribution in [2.75, 3.05) is 7.11 Å². The topological polar surface area (TPSA) is 75.6 Å². The van der Waals surface area contributed by atoms with Crippen molar-refractivity contribution in [1.29, 1.82) is 0 Å². The van der Waals surface area contributed by atoms with Crippen LogP contribution < -0.4 is 10.1 Å². The Morgan fingerprint density at radius 3 is 2.60 bits per heavy atom. The molecule has 2 N–H and O–H groups in total. The Labute approximate surface area is 115 Å². The molecule has 1 unspecified atom stereocenters. The molecular weight excluding hydrogens is 265 g/mol. The van der Waals surface area contributed by atoms with Crippen molar-refractivity contribution in [2.24, 2.45) is 5.41 Å². The highest BCUT2D eigenvalue weighted by Gasteiger charge is 2.57. The van der Waals surface area contributed by atoms with E-state index in [-0.39, 0.29) is 5.56 Å². The molecule has 0 spiro atoms. The van der Waals surface area contributed by atoms with E-state index in [9.17, 15) is 14.0 Å². The van der Waals surface area contributed by atoms with Crippen LogP contribution in [0.4, 0.5) is 4.39 Å². The number of carboxylic acid groups (broad SMARTS) is 1. The SMILES string of the molecule is COc1cccc(F)c1C(C)NC(=O)C1(C(=O)O)CC1. The summed E-state index contributed by atoms with van der Waals surface area (Å²) in [6.07, 6.45) is 0.630. The minimum atomic E-state index is -1.34. The number of halogens is 1. The van der Waals surface area contributed by atoms with Gasteiger partial charge in [-0.3, -0.25) is 9.59 Å². The number of carbonyl (C=O) groups excluding carboxylic acids is 1. The van der Waals surface area contributed by atoms with E-state index >= 15 is 0 Å². The summed E-state index contributed by atoms with van der Waals surface area (Å²) in [5.74, 6) is -1.90. The van der Waals surface area contributed by atoms with Crippen LogP contribution in [0.15, 0.2) is 18.2 Å². The van der Waals surface area contributed by atoms with Crippen LogP contribution >= 0.6 is 0 Å². The third-order valence-corrected chi connectivity index (χ3v) is 3.61. The fourth-order valence-corrected chi connectivity index (χ4v) is 2.19. The van der Waals surface area contributed by atoms with Gasteiger partial charge >= 0.3 is 5.97 Å². The van der Waals surface area contributed by atoms with Gasteiger partial charge in [-0.25, -0.2) is 4.39 Å². The van der Waals surface area contributed by atoms with Crippen LogP contribution in [0.25, 0.3) is 0 Å². The second-order valence-electron chi connectivity index (χ2n) is 4.94. The van der Waals surface area contributed by atoms with Gasteiger partial charge in [0.25, 0.3) is 0 Å². The van der Waals surface area contributed by atoms with E-state index in [1.165, 1.54) is 19.2 Å². The largest absolute Gasteiger partial charge is 0.496 e. The molecule has 1 aromatic rings. The smallest absolute Gasteiger partial charge is 0.319 e.